The van der Waals surface area contributed by atoms with E-state index in [0.29, 0.717) is 12.0 Å². The minimum Gasteiger partial charge on any atom is -0.347 e. The van der Waals surface area contributed by atoms with Crippen molar-refractivity contribution < 1.29 is 4.79 Å². The number of carbonyl (C=O) groups excluding carboxylic acids is 1. The Morgan fingerprint density at radius 2 is 2.08 bits per heavy atom. The maximum Gasteiger partial charge on any atom is 0.225 e. The van der Waals surface area contributed by atoms with Gasteiger partial charge in [0.05, 0.1) is 17.3 Å². The van der Waals surface area contributed by atoms with Gasteiger partial charge in [-0.2, -0.15) is 5.26 Å². The second kappa shape index (κ2) is 8.79. The lowest BCUT2D eigenvalue weighted by atomic mass is 10.2. The highest BCUT2D eigenvalue weighted by atomic mass is 32.1. The molecule has 1 aromatic carbocycles. The van der Waals surface area contributed by atoms with Crippen molar-refractivity contribution in [2.24, 2.45) is 0 Å². The Kier molecular flexibility index (Phi) is 6.21. The van der Waals surface area contributed by atoms with Crippen molar-refractivity contribution in [1.29, 1.82) is 5.26 Å². The van der Waals surface area contributed by atoms with Crippen LogP contribution in [0.2, 0.25) is 0 Å². The number of aromatic nitrogens is 1. The number of benzene rings is 1. The molecule has 26 heavy (non-hydrogen) atoms. The second-order valence-corrected chi connectivity index (χ2v) is 7.28. The number of hydrogen-bond acceptors (Lipinski definition) is 6. The molecular formula is C19H23N5OS. The monoisotopic (exact) mass is 369 g/mol. The molecule has 2 heterocycles. The van der Waals surface area contributed by atoms with E-state index in [0.717, 1.165) is 55.7 Å². The molecule has 1 aliphatic heterocycles. The molecule has 1 N–H and O–H groups in total. The summed E-state index contributed by atoms with van der Waals surface area (Å²) in [6.45, 7) is 6.70. The van der Waals surface area contributed by atoms with Crippen molar-refractivity contribution in [1.82, 2.24) is 9.88 Å². The number of anilines is 2. The molecule has 2 aromatic rings. The molecule has 6 nitrogen and oxygen atoms in total. The molecule has 0 aliphatic carbocycles. The molecule has 0 saturated carbocycles. The molecule has 1 saturated heterocycles. The fourth-order valence-corrected chi connectivity index (χ4v) is 3.84. The first-order chi connectivity index (χ1) is 12.6. The van der Waals surface area contributed by atoms with Gasteiger partial charge in [0.2, 0.25) is 5.91 Å². The number of carbonyl (C=O) groups is 1. The summed E-state index contributed by atoms with van der Waals surface area (Å²) >= 11 is 1.70. The minimum absolute atomic E-state index is 0.00589. The van der Waals surface area contributed by atoms with Crippen molar-refractivity contribution in [3.8, 4) is 6.07 Å². The summed E-state index contributed by atoms with van der Waals surface area (Å²) in [6, 6.07) is 9.01. The van der Waals surface area contributed by atoms with Crippen LogP contribution in [0.3, 0.4) is 0 Å². The van der Waals surface area contributed by atoms with E-state index >= 15 is 0 Å². The van der Waals surface area contributed by atoms with Gasteiger partial charge in [-0.15, -0.1) is 11.3 Å². The van der Waals surface area contributed by atoms with E-state index in [4.69, 9.17) is 5.26 Å². The van der Waals surface area contributed by atoms with Crippen molar-refractivity contribution in [2.75, 3.05) is 42.9 Å². The Bertz CT molecular complexity index is 780. The van der Waals surface area contributed by atoms with Gasteiger partial charge in [-0.3, -0.25) is 4.79 Å². The fraction of sp³-hybridized carbons (Fsp3) is 0.421. The van der Waals surface area contributed by atoms with Gasteiger partial charge in [0.25, 0.3) is 0 Å². The molecule has 1 amide bonds. The highest BCUT2D eigenvalue weighted by Crippen LogP contribution is 2.21. The zero-order chi connectivity index (χ0) is 18.4. The maximum absolute atomic E-state index is 12.2. The van der Waals surface area contributed by atoms with E-state index in [1.54, 1.807) is 35.6 Å². The van der Waals surface area contributed by atoms with Crippen LogP contribution < -0.4 is 10.2 Å². The van der Waals surface area contributed by atoms with Gasteiger partial charge >= 0.3 is 0 Å². The lowest BCUT2D eigenvalue weighted by Gasteiger charge is -2.21. The van der Waals surface area contributed by atoms with Gasteiger partial charge in [-0.05, 0) is 44.2 Å². The average molecular weight is 369 g/mol. The molecule has 1 aromatic heterocycles. The van der Waals surface area contributed by atoms with Crippen LogP contribution in [0.15, 0.2) is 29.6 Å². The summed E-state index contributed by atoms with van der Waals surface area (Å²) in [5, 5.41) is 14.9. The molecule has 0 atom stereocenters. The molecule has 136 valence electrons. The Hall–Kier alpha value is -2.43. The van der Waals surface area contributed by atoms with Crippen LogP contribution in [0.25, 0.3) is 0 Å². The average Bonchev–Trinajstić information content (AvgIpc) is 2.94. The summed E-state index contributed by atoms with van der Waals surface area (Å²) in [5.41, 5.74) is 2.40. The Balaban J connectivity index is 1.44. The topological polar surface area (TPSA) is 72.3 Å². The third kappa shape index (κ3) is 5.04. The van der Waals surface area contributed by atoms with E-state index in [2.05, 4.69) is 31.5 Å². The van der Waals surface area contributed by atoms with E-state index in [-0.39, 0.29) is 5.91 Å². The number of aryl methyl sites for hydroxylation is 1. The molecular weight excluding hydrogens is 346 g/mol. The van der Waals surface area contributed by atoms with E-state index in [1.165, 1.54) is 0 Å². The zero-order valence-corrected chi connectivity index (χ0v) is 15.8. The normalized spacial score (nSPS) is 15.3. The summed E-state index contributed by atoms with van der Waals surface area (Å²) in [7, 11) is 0. The molecule has 0 bridgehead atoms. The Morgan fingerprint density at radius 3 is 2.77 bits per heavy atom. The van der Waals surface area contributed by atoms with Crippen LogP contribution in [-0.4, -0.2) is 48.5 Å². The van der Waals surface area contributed by atoms with Crippen LogP contribution >= 0.6 is 11.3 Å². The van der Waals surface area contributed by atoms with Gasteiger partial charge in [0, 0.05) is 43.7 Å². The highest BCUT2D eigenvalue weighted by molar-refractivity contribution is 7.13. The largest absolute Gasteiger partial charge is 0.347 e. The van der Waals surface area contributed by atoms with Crippen LogP contribution in [0.1, 0.15) is 24.1 Å². The first-order valence-corrected chi connectivity index (χ1v) is 9.71. The van der Waals surface area contributed by atoms with E-state index < -0.39 is 0 Å². The SMILES string of the molecule is Cc1csc(N2CCCN(CCC(=O)Nc3ccc(C#N)cc3)CC2)n1. The summed E-state index contributed by atoms with van der Waals surface area (Å²) in [4.78, 5) is 21.4. The van der Waals surface area contributed by atoms with Crippen molar-refractivity contribution >= 4 is 28.1 Å². The molecule has 1 aliphatic rings. The predicted molar refractivity (Wildman–Crippen MR) is 105 cm³/mol. The molecule has 3 rings (SSSR count). The third-order valence-electron chi connectivity index (χ3n) is 4.42. The Labute approximate surface area is 158 Å². The number of nitrogens with zero attached hydrogens (tertiary/aromatic N) is 4. The zero-order valence-electron chi connectivity index (χ0n) is 14.9. The minimum atomic E-state index is 0.00589. The summed E-state index contributed by atoms with van der Waals surface area (Å²) in [5.74, 6) is 0.00589. The summed E-state index contributed by atoms with van der Waals surface area (Å²) in [6.07, 6.45) is 1.55. The van der Waals surface area contributed by atoms with Crippen LogP contribution in [0, 0.1) is 18.3 Å². The number of nitrogens with one attached hydrogen (secondary N) is 1. The maximum atomic E-state index is 12.2. The standard InChI is InChI=1S/C19H23N5OS/c1-15-14-26-19(21-15)24-9-2-8-23(11-12-24)10-7-18(25)22-17-5-3-16(13-20)4-6-17/h3-6,14H,2,7-12H2,1H3,(H,22,25). The Morgan fingerprint density at radius 1 is 1.27 bits per heavy atom. The van der Waals surface area contributed by atoms with Gasteiger partial charge in [0.15, 0.2) is 5.13 Å². The first-order valence-electron chi connectivity index (χ1n) is 8.83. The van der Waals surface area contributed by atoms with Crippen molar-refractivity contribution in [2.45, 2.75) is 19.8 Å². The predicted octanol–water partition coefficient (Wildman–Crippen LogP) is 2.86. The molecule has 0 radical (unpaired) electrons. The van der Waals surface area contributed by atoms with Crippen LogP contribution in [0.4, 0.5) is 10.8 Å². The van der Waals surface area contributed by atoms with E-state index in [9.17, 15) is 4.79 Å². The van der Waals surface area contributed by atoms with Gasteiger partial charge in [-0.25, -0.2) is 4.98 Å². The first kappa shape index (κ1) is 18.4. The molecule has 7 heteroatoms. The van der Waals surface area contributed by atoms with Gasteiger partial charge in [0.1, 0.15) is 0 Å². The molecule has 1 fully saturated rings. The summed E-state index contributed by atoms with van der Waals surface area (Å²) < 4.78 is 0. The number of thiazole rings is 1. The number of hydrogen-bond donors (Lipinski definition) is 1. The number of amides is 1. The van der Waals surface area contributed by atoms with Gasteiger partial charge < -0.3 is 15.1 Å². The third-order valence-corrected chi connectivity index (χ3v) is 5.44. The van der Waals surface area contributed by atoms with Gasteiger partial charge in [-0.1, -0.05) is 0 Å². The lowest BCUT2D eigenvalue weighted by Crippen LogP contribution is -2.32. The fourth-order valence-electron chi connectivity index (χ4n) is 2.98. The van der Waals surface area contributed by atoms with Crippen LogP contribution in [-0.2, 0) is 4.79 Å². The molecule has 0 spiro atoms. The van der Waals surface area contributed by atoms with Crippen molar-refractivity contribution in [3.05, 3.63) is 40.9 Å². The second-order valence-electron chi connectivity index (χ2n) is 6.44. The van der Waals surface area contributed by atoms with Crippen molar-refractivity contribution in [3.63, 3.8) is 0 Å². The lowest BCUT2D eigenvalue weighted by molar-refractivity contribution is -0.116. The molecule has 0 unspecified atom stereocenters. The van der Waals surface area contributed by atoms with Crippen LogP contribution in [0.5, 0.6) is 0 Å². The number of nitriles is 1. The highest BCUT2D eigenvalue weighted by Gasteiger charge is 2.17. The van der Waals surface area contributed by atoms with E-state index in [1.807, 2.05) is 6.92 Å². The smallest absolute Gasteiger partial charge is 0.225 e. The number of rotatable bonds is 5. The quantitative estimate of drug-likeness (QED) is 0.877.